The standard InChI is InChI=1S/C26H38N6O6/c1-3-17(2)23-25(37)28-11-6-14-32-20-15-18(8-9-19(20)29-26(32)38)24(36)27-10-5-13-31(22(35)16-33)12-4-7-21(34)30-23/h8-9,15,17,23,33H,3-7,10-14,16H2,1-2H3,(H,27,36)(H,28,37)(H,29,38)(H,30,34)/t17-,23-/m0/s1. The van der Waals surface area contributed by atoms with Crippen LogP contribution in [-0.4, -0.2) is 82.0 Å². The van der Waals surface area contributed by atoms with Crippen molar-refractivity contribution in [1.82, 2.24) is 30.4 Å². The molecule has 3 rings (SSSR count). The van der Waals surface area contributed by atoms with Crippen LogP contribution in [0.2, 0.25) is 0 Å². The molecule has 2 heterocycles. The first-order chi connectivity index (χ1) is 18.2. The van der Waals surface area contributed by atoms with E-state index >= 15 is 0 Å². The highest BCUT2D eigenvalue weighted by Crippen LogP contribution is 2.14. The zero-order valence-corrected chi connectivity index (χ0v) is 22.0. The van der Waals surface area contributed by atoms with Crippen LogP contribution in [0.4, 0.5) is 0 Å². The second kappa shape index (κ2) is 13.8. The summed E-state index contributed by atoms with van der Waals surface area (Å²) in [6.45, 7) is 4.70. The number of aromatic amines is 1. The average molecular weight is 531 g/mol. The topological polar surface area (TPSA) is 166 Å². The third kappa shape index (κ3) is 7.44. The minimum Gasteiger partial charge on any atom is -0.387 e. The second-order valence-corrected chi connectivity index (χ2v) is 9.64. The lowest BCUT2D eigenvalue weighted by Crippen LogP contribution is -2.50. The summed E-state index contributed by atoms with van der Waals surface area (Å²) < 4.78 is 1.53. The largest absolute Gasteiger partial charge is 0.387 e. The minimum absolute atomic E-state index is 0.0901. The number of benzene rings is 1. The van der Waals surface area contributed by atoms with Crippen molar-refractivity contribution < 1.29 is 24.3 Å². The summed E-state index contributed by atoms with van der Waals surface area (Å²) >= 11 is 0. The Morgan fingerprint density at radius 3 is 2.50 bits per heavy atom. The molecule has 208 valence electrons. The Balaban J connectivity index is 1.81. The number of aromatic nitrogens is 2. The molecule has 1 aliphatic rings. The number of imidazole rings is 1. The molecular formula is C26H38N6O6. The normalized spacial score (nSPS) is 19.8. The third-order valence-electron chi connectivity index (χ3n) is 6.92. The molecule has 12 heteroatoms. The van der Waals surface area contributed by atoms with Crippen LogP contribution in [0.15, 0.2) is 23.0 Å². The van der Waals surface area contributed by atoms with Crippen molar-refractivity contribution in [3.8, 4) is 0 Å². The number of amides is 4. The van der Waals surface area contributed by atoms with E-state index in [0.29, 0.717) is 68.5 Å². The molecule has 0 unspecified atom stereocenters. The van der Waals surface area contributed by atoms with Crippen LogP contribution in [0.1, 0.15) is 56.3 Å². The number of rotatable bonds is 3. The molecule has 38 heavy (non-hydrogen) atoms. The van der Waals surface area contributed by atoms with Crippen LogP contribution in [0.5, 0.6) is 0 Å². The van der Waals surface area contributed by atoms with Gasteiger partial charge in [0.2, 0.25) is 17.7 Å². The Hall–Kier alpha value is -3.67. The molecule has 0 fully saturated rings. The van der Waals surface area contributed by atoms with E-state index in [9.17, 15) is 29.1 Å². The van der Waals surface area contributed by atoms with Gasteiger partial charge in [0, 0.05) is 44.7 Å². The van der Waals surface area contributed by atoms with E-state index in [-0.39, 0.29) is 42.3 Å². The SMILES string of the molecule is CC[C@H](C)[C@@H]1NC(=O)CCCN(C(=O)CO)CCCNC(=O)c2ccc3[nH]c(=O)n(c3c2)CCCNC1=O. The van der Waals surface area contributed by atoms with Crippen molar-refractivity contribution in [1.29, 1.82) is 0 Å². The van der Waals surface area contributed by atoms with Gasteiger partial charge in [-0.1, -0.05) is 20.3 Å². The predicted octanol–water partition coefficient (Wildman–Crippen LogP) is 0.101. The van der Waals surface area contributed by atoms with E-state index in [1.54, 1.807) is 18.2 Å². The zero-order chi connectivity index (χ0) is 27.7. The molecule has 5 N–H and O–H groups in total. The van der Waals surface area contributed by atoms with Crippen LogP contribution >= 0.6 is 0 Å². The summed E-state index contributed by atoms with van der Waals surface area (Å²) in [5, 5.41) is 17.8. The molecule has 0 spiro atoms. The monoisotopic (exact) mass is 530 g/mol. The number of nitrogens with zero attached hydrogens (tertiary/aromatic N) is 2. The number of carbonyl (C=O) groups is 4. The number of H-pyrrole nitrogens is 1. The van der Waals surface area contributed by atoms with Crippen molar-refractivity contribution in [2.45, 2.75) is 58.5 Å². The molecule has 1 aromatic carbocycles. The van der Waals surface area contributed by atoms with E-state index in [2.05, 4.69) is 20.9 Å². The molecule has 12 nitrogen and oxygen atoms in total. The number of hydrogen-bond acceptors (Lipinski definition) is 6. The highest BCUT2D eigenvalue weighted by molar-refractivity contribution is 5.97. The summed E-state index contributed by atoms with van der Waals surface area (Å²) in [5.41, 5.74) is 1.28. The number of nitrogens with one attached hydrogen (secondary N) is 4. The van der Waals surface area contributed by atoms with Crippen molar-refractivity contribution >= 4 is 34.7 Å². The van der Waals surface area contributed by atoms with Crippen LogP contribution < -0.4 is 21.6 Å². The lowest BCUT2D eigenvalue weighted by Gasteiger charge is -2.24. The Morgan fingerprint density at radius 2 is 1.76 bits per heavy atom. The maximum absolute atomic E-state index is 12.9. The maximum atomic E-state index is 12.9. The quantitative estimate of drug-likeness (QED) is 0.378. The van der Waals surface area contributed by atoms with E-state index in [4.69, 9.17) is 0 Å². The summed E-state index contributed by atoms with van der Waals surface area (Å²) in [5.74, 6) is -1.44. The molecule has 0 aliphatic carbocycles. The first-order valence-corrected chi connectivity index (χ1v) is 13.2. The van der Waals surface area contributed by atoms with E-state index < -0.39 is 18.6 Å². The number of carbonyl (C=O) groups excluding carboxylic acids is 4. The Morgan fingerprint density at radius 1 is 1.05 bits per heavy atom. The number of aliphatic hydroxyl groups is 1. The van der Waals surface area contributed by atoms with Crippen molar-refractivity contribution in [3.63, 3.8) is 0 Å². The van der Waals surface area contributed by atoms with Gasteiger partial charge >= 0.3 is 5.69 Å². The molecule has 4 amide bonds. The molecule has 2 atom stereocenters. The first kappa shape index (κ1) is 28.9. The highest BCUT2D eigenvalue weighted by Gasteiger charge is 2.25. The summed E-state index contributed by atoms with van der Waals surface area (Å²) in [4.78, 5) is 67.2. The molecular weight excluding hydrogens is 492 g/mol. The molecule has 0 saturated carbocycles. The first-order valence-electron chi connectivity index (χ1n) is 13.2. The lowest BCUT2D eigenvalue weighted by molar-refractivity contribution is -0.134. The zero-order valence-electron chi connectivity index (χ0n) is 22.0. The van der Waals surface area contributed by atoms with Gasteiger partial charge in [0.25, 0.3) is 5.91 Å². The van der Waals surface area contributed by atoms with Gasteiger partial charge in [0.05, 0.1) is 11.0 Å². The van der Waals surface area contributed by atoms with Gasteiger partial charge in [0.1, 0.15) is 12.6 Å². The predicted molar refractivity (Wildman–Crippen MR) is 141 cm³/mol. The maximum Gasteiger partial charge on any atom is 0.326 e. The van der Waals surface area contributed by atoms with E-state index in [0.717, 1.165) is 0 Å². The molecule has 2 bridgehead atoms. The molecule has 2 aromatic rings. The lowest BCUT2D eigenvalue weighted by atomic mass is 9.98. The van der Waals surface area contributed by atoms with Crippen molar-refractivity contribution in [2.75, 3.05) is 32.8 Å². The number of aliphatic hydroxyl groups excluding tert-OH is 1. The average Bonchev–Trinajstić information content (AvgIpc) is 3.23. The fourth-order valence-corrected chi connectivity index (χ4v) is 4.49. The fourth-order valence-electron chi connectivity index (χ4n) is 4.49. The Labute approximate surface area is 221 Å². The van der Waals surface area contributed by atoms with Gasteiger partial charge in [-0.05, 0) is 43.4 Å². The number of fused-ring (bicyclic) bond motifs is 1. The van der Waals surface area contributed by atoms with Crippen molar-refractivity contribution in [3.05, 3.63) is 34.2 Å². The van der Waals surface area contributed by atoms with Gasteiger partial charge < -0.3 is 30.9 Å². The van der Waals surface area contributed by atoms with Crippen LogP contribution in [-0.2, 0) is 20.9 Å². The van der Waals surface area contributed by atoms with E-state index in [1.165, 1.54) is 9.47 Å². The van der Waals surface area contributed by atoms with Gasteiger partial charge in [-0.2, -0.15) is 0 Å². The van der Waals surface area contributed by atoms with Crippen molar-refractivity contribution in [2.24, 2.45) is 5.92 Å². The van der Waals surface area contributed by atoms with E-state index in [1.807, 2.05) is 13.8 Å². The number of hydrogen-bond donors (Lipinski definition) is 5. The summed E-state index contributed by atoms with van der Waals surface area (Å²) in [6.07, 6.45) is 2.11. The Bertz CT molecular complexity index is 1200. The molecule has 0 radical (unpaired) electrons. The fraction of sp³-hybridized carbons (Fsp3) is 0.577. The molecule has 0 saturated heterocycles. The molecule has 1 aliphatic heterocycles. The second-order valence-electron chi connectivity index (χ2n) is 9.64. The van der Waals surface area contributed by atoms with Gasteiger partial charge in [-0.3, -0.25) is 23.7 Å². The smallest absolute Gasteiger partial charge is 0.326 e. The number of aryl methyl sites for hydroxylation is 1. The summed E-state index contributed by atoms with van der Waals surface area (Å²) in [6, 6.07) is 4.27. The Kier molecular flexibility index (Phi) is 10.5. The van der Waals surface area contributed by atoms with Gasteiger partial charge in [-0.25, -0.2) is 4.79 Å². The minimum atomic E-state index is -0.702. The third-order valence-corrected chi connectivity index (χ3v) is 6.92. The van der Waals surface area contributed by atoms with Crippen LogP contribution in [0.3, 0.4) is 0 Å². The highest BCUT2D eigenvalue weighted by atomic mass is 16.3. The molecule has 1 aromatic heterocycles. The van der Waals surface area contributed by atoms with Crippen LogP contribution in [0.25, 0.3) is 11.0 Å². The van der Waals surface area contributed by atoms with Crippen LogP contribution in [0, 0.1) is 5.92 Å². The van der Waals surface area contributed by atoms with Gasteiger partial charge in [-0.15, -0.1) is 0 Å². The summed E-state index contributed by atoms with van der Waals surface area (Å²) in [7, 11) is 0. The van der Waals surface area contributed by atoms with Gasteiger partial charge in [0.15, 0.2) is 0 Å².